The van der Waals surface area contributed by atoms with Crippen molar-refractivity contribution in [2.24, 2.45) is 5.73 Å². The third-order valence-electron chi connectivity index (χ3n) is 1.14. The van der Waals surface area contributed by atoms with Crippen LogP contribution in [0.3, 0.4) is 0 Å². The van der Waals surface area contributed by atoms with Gasteiger partial charge in [-0.3, -0.25) is 4.79 Å². The molecule has 0 aromatic heterocycles. The van der Waals surface area contributed by atoms with Crippen LogP contribution in [0.25, 0.3) is 0 Å². The minimum atomic E-state index is -0.541. The van der Waals surface area contributed by atoms with E-state index in [4.69, 9.17) is 10.8 Å². The molecule has 0 saturated heterocycles. The molecule has 0 aliphatic heterocycles. The fourth-order valence-corrected chi connectivity index (χ4v) is 0.569. The summed E-state index contributed by atoms with van der Waals surface area (Å²) in [6.45, 7) is 1.72. The van der Waals surface area contributed by atoms with Crippen LogP contribution in [-0.2, 0) is 4.79 Å². The summed E-state index contributed by atoms with van der Waals surface area (Å²) >= 11 is 0. The van der Waals surface area contributed by atoms with Gasteiger partial charge in [0.2, 0.25) is 0 Å². The van der Waals surface area contributed by atoms with Gasteiger partial charge in [0.25, 0.3) is 0 Å². The zero-order chi connectivity index (χ0) is 7.98. The molecule has 1 atom stereocenters. The first-order valence-electron chi connectivity index (χ1n) is 3.25. The van der Waals surface area contributed by atoms with Crippen molar-refractivity contribution in [3.63, 3.8) is 0 Å². The van der Waals surface area contributed by atoms with Crippen LogP contribution < -0.4 is 5.73 Å². The van der Waals surface area contributed by atoms with Gasteiger partial charge in [0, 0.05) is 6.61 Å². The number of allylic oxidation sites excluding steroid dienone is 1. The van der Waals surface area contributed by atoms with Crippen molar-refractivity contribution >= 4 is 5.78 Å². The van der Waals surface area contributed by atoms with Crippen molar-refractivity contribution in [2.75, 3.05) is 6.61 Å². The van der Waals surface area contributed by atoms with E-state index in [1.54, 1.807) is 13.0 Å². The molecule has 0 amide bonds. The minimum absolute atomic E-state index is 0.0372. The molecular formula is C7H13NO2. The molecule has 0 aromatic carbocycles. The molecule has 0 spiro atoms. The molecule has 0 aliphatic rings. The summed E-state index contributed by atoms with van der Waals surface area (Å²) in [6, 6.07) is -0.541. The lowest BCUT2D eigenvalue weighted by atomic mass is 10.1. The molecule has 10 heavy (non-hydrogen) atoms. The highest BCUT2D eigenvalue weighted by molar-refractivity contribution is 5.93. The Morgan fingerprint density at radius 1 is 1.80 bits per heavy atom. The van der Waals surface area contributed by atoms with Crippen molar-refractivity contribution in [1.82, 2.24) is 0 Å². The fourth-order valence-electron chi connectivity index (χ4n) is 0.569. The van der Waals surface area contributed by atoms with Gasteiger partial charge in [-0.15, -0.1) is 0 Å². The first-order chi connectivity index (χ1) is 4.72. The standard InChI is InChI=1S/C7H13NO2/c1-2-3-7(10)6(8)4-5-9/h2-3,6,9H,4-5,8H2,1H3. The molecular weight excluding hydrogens is 130 g/mol. The zero-order valence-corrected chi connectivity index (χ0v) is 6.08. The summed E-state index contributed by atoms with van der Waals surface area (Å²) in [6.07, 6.45) is 3.39. The van der Waals surface area contributed by atoms with Crippen LogP contribution in [0.5, 0.6) is 0 Å². The van der Waals surface area contributed by atoms with E-state index in [0.29, 0.717) is 6.42 Å². The van der Waals surface area contributed by atoms with Crippen LogP contribution in [0.4, 0.5) is 0 Å². The Labute approximate surface area is 60.5 Å². The second-order valence-corrected chi connectivity index (χ2v) is 2.02. The third-order valence-corrected chi connectivity index (χ3v) is 1.14. The van der Waals surface area contributed by atoms with E-state index in [-0.39, 0.29) is 12.4 Å². The van der Waals surface area contributed by atoms with Crippen molar-refractivity contribution < 1.29 is 9.90 Å². The maximum Gasteiger partial charge on any atom is 0.172 e. The summed E-state index contributed by atoms with van der Waals surface area (Å²) in [5.74, 6) is -0.128. The number of carbonyl (C=O) groups excluding carboxylic acids is 1. The topological polar surface area (TPSA) is 63.3 Å². The van der Waals surface area contributed by atoms with Crippen molar-refractivity contribution in [1.29, 1.82) is 0 Å². The van der Waals surface area contributed by atoms with E-state index >= 15 is 0 Å². The second kappa shape index (κ2) is 5.14. The van der Waals surface area contributed by atoms with Gasteiger partial charge in [0.15, 0.2) is 5.78 Å². The molecule has 3 nitrogen and oxygen atoms in total. The summed E-state index contributed by atoms with van der Waals surface area (Å²) in [4.78, 5) is 10.8. The molecule has 0 radical (unpaired) electrons. The molecule has 0 heterocycles. The number of nitrogens with two attached hydrogens (primary N) is 1. The molecule has 0 bridgehead atoms. The summed E-state index contributed by atoms with van der Waals surface area (Å²) in [7, 11) is 0. The zero-order valence-electron chi connectivity index (χ0n) is 6.08. The van der Waals surface area contributed by atoms with Crippen LogP contribution in [0.2, 0.25) is 0 Å². The Kier molecular flexibility index (Phi) is 4.80. The lowest BCUT2D eigenvalue weighted by Crippen LogP contribution is -2.29. The van der Waals surface area contributed by atoms with Gasteiger partial charge in [-0.2, -0.15) is 0 Å². The number of carbonyl (C=O) groups is 1. The smallest absolute Gasteiger partial charge is 0.172 e. The van der Waals surface area contributed by atoms with Crippen LogP contribution in [0.15, 0.2) is 12.2 Å². The van der Waals surface area contributed by atoms with E-state index in [2.05, 4.69) is 0 Å². The molecule has 0 rings (SSSR count). The average Bonchev–Trinajstić information content (AvgIpc) is 1.89. The highest BCUT2D eigenvalue weighted by Crippen LogP contribution is 1.89. The van der Waals surface area contributed by atoms with E-state index in [0.717, 1.165) is 0 Å². The van der Waals surface area contributed by atoms with Gasteiger partial charge in [-0.1, -0.05) is 6.08 Å². The molecule has 0 saturated carbocycles. The van der Waals surface area contributed by atoms with E-state index < -0.39 is 6.04 Å². The first kappa shape index (κ1) is 9.33. The summed E-state index contributed by atoms with van der Waals surface area (Å²) in [5, 5.41) is 8.40. The first-order valence-corrected chi connectivity index (χ1v) is 3.25. The molecule has 0 aliphatic carbocycles. The predicted octanol–water partition coefficient (Wildman–Crippen LogP) is -0.159. The summed E-state index contributed by atoms with van der Waals surface area (Å²) < 4.78 is 0. The van der Waals surface area contributed by atoms with Crippen LogP contribution in [-0.4, -0.2) is 23.5 Å². The maximum absolute atomic E-state index is 10.8. The van der Waals surface area contributed by atoms with Crippen molar-refractivity contribution in [2.45, 2.75) is 19.4 Å². The summed E-state index contributed by atoms with van der Waals surface area (Å²) in [5.41, 5.74) is 5.35. The van der Waals surface area contributed by atoms with Crippen LogP contribution in [0, 0.1) is 0 Å². The molecule has 0 aromatic rings. The number of rotatable bonds is 4. The van der Waals surface area contributed by atoms with Crippen LogP contribution in [0.1, 0.15) is 13.3 Å². The Morgan fingerprint density at radius 2 is 2.40 bits per heavy atom. The largest absolute Gasteiger partial charge is 0.396 e. The van der Waals surface area contributed by atoms with Gasteiger partial charge >= 0.3 is 0 Å². The minimum Gasteiger partial charge on any atom is -0.396 e. The molecule has 58 valence electrons. The lowest BCUT2D eigenvalue weighted by Gasteiger charge is -2.03. The van der Waals surface area contributed by atoms with E-state index in [1.165, 1.54) is 6.08 Å². The molecule has 3 N–H and O–H groups in total. The maximum atomic E-state index is 10.8. The van der Waals surface area contributed by atoms with Crippen LogP contribution >= 0.6 is 0 Å². The number of hydrogen-bond donors (Lipinski definition) is 2. The number of aliphatic hydroxyl groups is 1. The Balaban J connectivity index is 3.70. The normalized spacial score (nSPS) is 13.9. The monoisotopic (exact) mass is 143 g/mol. The number of hydrogen-bond acceptors (Lipinski definition) is 3. The molecule has 0 fully saturated rings. The molecule has 3 heteroatoms. The fraction of sp³-hybridized carbons (Fsp3) is 0.571. The Morgan fingerprint density at radius 3 is 2.80 bits per heavy atom. The number of aliphatic hydroxyl groups excluding tert-OH is 1. The lowest BCUT2D eigenvalue weighted by molar-refractivity contribution is -0.116. The predicted molar refractivity (Wildman–Crippen MR) is 39.5 cm³/mol. The highest BCUT2D eigenvalue weighted by Gasteiger charge is 2.07. The quantitative estimate of drug-likeness (QED) is 0.537. The average molecular weight is 143 g/mol. The second-order valence-electron chi connectivity index (χ2n) is 2.02. The van der Waals surface area contributed by atoms with Crippen molar-refractivity contribution in [3.05, 3.63) is 12.2 Å². The SMILES string of the molecule is CC=CC(=O)C(N)CCO. The third kappa shape index (κ3) is 3.37. The number of ketones is 1. The van der Waals surface area contributed by atoms with Gasteiger partial charge in [-0.25, -0.2) is 0 Å². The van der Waals surface area contributed by atoms with Crippen molar-refractivity contribution in [3.8, 4) is 0 Å². The Bertz CT molecular complexity index is 132. The van der Waals surface area contributed by atoms with Gasteiger partial charge in [-0.05, 0) is 19.4 Å². The van der Waals surface area contributed by atoms with E-state index in [9.17, 15) is 4.79 Å². The van der Waals surface area contributed by atoms with Gasteiger partial charge < -0.3 is 10.8 Å². The molecule has 1 unspecified atom stereocenters. The van der Waals surface area contributed by atoms with Gasteiger partial charge in [0.05, 0.1) is 6.04 Å². The van der Waals surface area contributed by atoms with E-state index in [1.807, 2.05) is 0 Å². The highest BCUT2D eigenvalue weighted by atomic mass is 16.3. The Hall–Kier alpha value is -0.670. The van der Waals surface area contributed by atoms with Gasteiger partial charge in [0.1, 0.15) is 0 Å².